The highest BCUT2D eigenvalue weighted by Gasteiger charge is 2.10. The Labute approximate surface area is 111 Å². The quantitative estimate of drug-likeness (QED) is 0.713. The smallest absolute Gasteiger partial charge is 0.337 e. The van der Waals surface area contributed by atoms with E-state index < -0.39 is 5.97 Å². The summed E-state index contributed by atoms with van der Waals surface area (Å²) in [6.45, 7) is 0.643. The van der Waals surface area contributed by atoms with Crippen molar-refractivity contribution in [2.75, 3.05) is 17.6 Å². The molecule has 1 aromatic carbocycles. The van der Waals surface area contributed by atoms with Crippen LogP contribution >= 0.6 is 0 Å². The first-order chi connectivity index (χ1) is 9.18. The second-order valence-corrected chi connectivity index (χ2v) is 4.07. The third-order valence-electron chi connectivity index (χ3n) is 2.76. The van der Waals surface area contributed by atoms with Gasteiger partial charge in [0.05, 0.1) is 16.9 Å². The van der Waals surface area contributed by atoms with Crippen molar-refractivity contribution in [1.29, 1.82) is 0 Å². The first-order valence-corrected chi connectivity index (χ1v) is 5.94. The van der Waals surface area contributed by atoms with Crippen LogP contribution in [0.1, 0.15) is 16.1 Å². The van der Waals surface area contributed by atoms with Gasteiger partial charge in [-0.3, -0.25) is 4.98 Å². The van der Waals surface area contributed by atoms with Gasteiger partial charge in [-0.1, -0.05) is 12.1 Å². The first-order valence-electron chi connectivity index (χ1n) is 5.94. The van der Waals surface area contributed by atoms with Gasteiger partial charge in [-0.15, -0.1) is 0 Å². The van der Waals surface area contributed by atoms with Crippen LogP contribution in [0.15, 0.2) is 42.6 Å². The lowest BCUT2D eigenvalue weighted by Gasteiger charge is -2.10. The van der Waals surface area contributed by atoms with Crippen LogP contribution in [0.4, 0.5) is 11.4 Å². The molecule has 0 saturated carbocycles. The Bertz CT molecular complexity index is 570. The molecule has 1 heterocycles. The fraction of sp³-hybridized carbons (Fsp3) is 0.143. The number of pyridine rings is 1. The van der Waals surface area contributed by atoms with Crippen LogP contribution in [0.25, 0.3) is 0 Å². The predicted octanol–water partition coefficient (Wildman–Crippen LogP) is 2.02. The van der Waals surface area contributed by atoms with Gasteiger partial charge in [0.15, 0.2) is 0 Å². The van der Waals surface area contributed by atoms with Crippen molar-refractivity contribution in [3.63, 3.8) is 0 Å². The van der Waals surface area contributed by atoms with Crippen LogP contribution in [0.3, 0.4) is 0 Å². The number of carboxylic acids is 1. The lowest BCUT2D eigenvalue weighted by molar-refractivity contribution is 0.0698. The average molecular weight is 257 g/mol. The van der Waals surface area contributed by atoms with E-state index in [1.165, 1.54) is 6.07 Å². The molecule has 2 aromatic rings. The Balaban J connectivity index is 2.00. The summed E-state index contributed by atoms with van der Waals surface area (Å²) in [6.07, 6.45) is 2.49. The molecule has 1 aromatic heterocycles. The monoisotopic (exact) mass is 257 g/mol. The topological polar surface area (TPSA) is 88.2 Å². The van der Waals surface area contributed by atoms with E-state index in [9.17, 15) is 4.79 Å². The van der Waals surface area contributed by atoms with E-state index >= 15 is 0 Å². The fourth-order valence-electron chi connectivity index (χ4n) is 1.78. The van der Waals surface area contributed by atoms with Gasteiger partial charge in [-0.05, 0) is 24.3 Å². The van der Waals surface area contributed by atoms with Crippen molar-refractivity contribution >= 4 is 17.3 Å². The molecule has 0 spiro atoms. The van der Waals surface area contributed by atoms with E-state index in [-0.39, 0.29) is 11.3 Å². The molecule has 0 bridgehead atoms. The number of rotatable bonds is 5. The molecule has 0 fully saturated rings. The zero-order valence-electron chi connectivity index (χ0n) is 10.3. The van der Waals surface area contributed by atoms with Crippen LogP contribution in [-0.2, 0) is 6.42 Å². The van der Waals surface area contributed by atoms with E-state index in [1.807, 2.05) is 18.2 Å². The number of anilines is 2. The summed E-state index contributed by atoms with van der Waals surface area (Å²) in [5, 5.41) is 12.1. The van der Waals surface area contributed by atoms with Gasteiger partial charge in [0.2, 0.25) is 0 Å². The Kier molecular flexibility index (Phi) is 3.97. The molecule has 5 heteroatoms. The highest BCUT2D eigenvalue weighted by Crippen LogP contribution is 2.22. The molecule has 2 rings (SSSR count). The van der Waals surface area contributed by atoms with Gasteiger partial charge in [-0.2, -0.15) is 0 Å². The summed E-state index contributed by atoms with van der Waals surface area (Å²) in [5.74, 6) is -1.02. The van der Waals surface area contributed by atoms with E-state index in [1.54, 1.807) is 18.3 Å². The van der Waals surface area contributed by atoms with Gasteiger partial charge >= 0.3 is 5.97 Å². The SMILES string of the molecule is Nc1c(NCCc2ccccn2)cccc1C(=O)O. The zero-order chi connectivity index (χ0) is 13.7. The summed E-state index contributed by atoms with van der Waals surface area (Å²) in [7, 11) is 0. The number of aromatic nitrogens is 1. The van der Waals surface area contributed by atoms with Crippen LogP contribution in [0, 0.1) is 0 Å². The van der Waals surface area contributed by atoms with Gasteiger partial charge in [0, 0.05) is 24.9 Å². The molecule has 0 unspecified atom stereocenters. The molecule has 0 aliphatic heterocycles. The standard InChI is InChI=1S/C14H15N3O2/c15-13-11(14(18)19)5-3-6-12(13)17-9-7-10-4-1-2-8-16-10/h1-6,8,17H,7,9,15H2,(H,18,19). The summed E-state index contributed by atoms with van der Waals surface area (Å²) in [6, 6.07) is 10.7. The Morgan fingerprint density at radius 1 is 1.26 bits per heavy atom. The second kappa shape index (κ2) is 5.86. The molecule has 0 aliphatic rings. The number of aromatic carboxylic acids is 1. The van der Waals surface area contributed by atoms with Crippen molar-refractivity contribution in [2.45, 2.75) is 6.42 Å². The van der Waals surface area contributed by atoms with Crippen molar-refractivity contribution in [1.82, 2.24) is 4.98 Å². The fourth-order valence-corrected chi connectivity index (χ4v) is 1.78. The number of nitrogens with one attached hydrogen (secondary N) is 1. The van der Waals surface area contributed by atoms with E-state index in [2.05, 4.69) is 10.3 Å². The lowest BCUT2D eigenvalue weighted by Crippen LogP contribution is -2.10. The minimum absolute atomic E-state index is 0.114. The van der Waals surface area contributed by atoms with Gasteiger partial charge in [0.25, 0.3) is 0 Å². The number of carboxylic acid groups (broad SMARTS) is 1. The van der Waals surface area contributed by atoms with Crippen LogP contribution in [0.5, 0.6) is 0 Å². The summed E-state index contributed by atoms with van der Waals surface area (Å²) < 4.78 is 0. The maximum Gasteiger partial charge on any atom is 0.337 e. The number of nitrogens with zero attached hydrogens (tertiary/aromatic N) is 1. The summed E-state index contributed by atoms with van der Waals surface area (Å²) in [5.41, 5.74) is 7.79. The van der Waals surface area contributed by atoms with E-state index in [0.717, 1.165) is 12.1 Å². The largest absolute Gasteiger partial charge is 0.478 e. The van der Waals surface area contributed by atoms with E-state index in [4.69, 9.17) is 10.8 Å². The maximum atomic E-state index is 11.0. The van der Waals surface area contributed by atoms with Crippen molar-refractivity contribution in [2.24, 2.45) is 0 Å². The Morgan fingerprint density at radius 3 is 2.79 bits per heavy atom. The van der Waals surface area contributed by atoms with Gasteiger partial charge in [0.1, 0.15) is 0 Å². The molecular weight excluding hydrogens is 242 g/mol. The minimum atomic E-state index is -1.02. The molecule has 0 amide bonds. The van der Waals surface area contributed by atoms with Crippen molar-refractivity contribution in [3.8, 4) is 0 Å². The predicted molar refractivity (Wildman–Crippen MR) is 74.2 cm³/mol. The van der Waals surface area contributed by atoms with E-state index in [0.29, 0.717) is 12.2 Å². The lowest BCUT2D eigenvalue weighted by atomic mass is 10.1. The minimum Gasteiger partial charge on any atom is -0.478 e. The number of para-hydroxylation sites is 1. The first kappa shape index (κ1) is 12.9. The number of nitrogens with two attached hydrogens (primary N) is 1. The molecule has 0 radical (unpaired) electrons. The average Bonchev–Trinajstić information content (AvgIpc) is 2.41. The number of hydrogen-bond acceptors (Lipinski definition) is 4. The normalized spacial score (nSPS) is 10.1. The molecule has 4 N–H and O–H groups in total. The van der Waals surface area contributed by atoms with Gasteiger partial charge in [-0.25, -0.2) is 4.79 Å². The zero-order valence-corrected chi connectivity index (χ0v) is 10.3. The van der Waals surface area contributed by atoms with Crippen molar-refractivity contribution < 1.29 is 9.90 Å². The van der Waals surface area contributed by atoms with Crippen LogP contribution < -0.4 is 11.1 Å². The summed E-state index contributed by atoms with van der Waals surface area (Å²) in [4.78, 5) is 15.2. The number of carbonyl (C=O) groups is 1. The molecule has 0 aliphatic carbocycles. The van der Waals surface area contributed by atoms with Crippen LogP contribution in [0.2, 0.25) is 0 Å². The Morgan fingerprint density at radius 2 is 2.11 bits per heavy atom. The molecule has 0 saturated heterocycles. The number of nitrogen functional groups attached to an aromatic ring is 1. The second-order valence-electron chi connectivity index (χ2n) is 4.07. The molecular formula is C14H15N3O2. The molecule has 5 nitrogen and oxygen atoms in total. The van der Waals surface area contributed by atoms with Gasteiger partial charge < -0.3 is 16.2 Å². The number of hydrogen-bond donors (Lipinski definition) is 3. The third-order valence-corrected chi connectivity index (χ3v) is 2.76. The summed E-state index contributed by atoms with van der Waals surface area (Å²) >= 11 is 0. The highest BCUT2D eigenvalue weighted by atomic mass is 16.4. The Hall–Kier alpha value is -2.56. The molecule has 0 atom stereocenters. The molecule has 98 valence electrons. The maximum absolute atomic E-state index is 11.0. The third kappa shape index (κ3) is 3.22. The molecule has 19 heavy (non-hydrogen) atoms. The number of benzene rings is 1. The van der Waals surface area contributed by atoms with Crippen LogP contribution in [-0.4, -0.2) is 22.6 Å². The highest BCUT2D eigenvalue weighted by molar-refractivity contribution is 5.97. The van der Waals surface area contributed by atoms with Crippen molar-refractivity contribution in [3.05, 3.63) is 53.9 Å².